The second-order valence-electron chi connectivity index (χ2n) is 4.71. The minimum atomic E-state index is -0.227. The van der Waals surface area contributed by atoms with E-state index in [1.54, 1.807) is 6.07 Å². The molecule has 18 heavy (non-hydrogen) atoms. The number of hydrogen-bond donors (Lipinski definition) is 2. The Bertz CT molecular complexity index is 403. The third kappa shape index (κ3) is 3.81. The van der Waals surface area contributed by atoms with Gasteiger partial charge in [-0.05, 0) is 43.5 Å². The Morgan fingerprint density at radius 3 is 3.11 bits per heavy atom. The average Bonchev–Trinajstić information content (AvgIpc) is 2.40. The fraction of sp³-hybridized carbons (Fsp3) is 0.500. The van der Waals surface area contributed by atoms with Crippen LogP contribution in [0.3, 0.4) is 0 Å². The summed E-state index contributed by atoms with van der Waals surface area (Å²) in [4.78, 5) is 11.8. The second-order valence-corrected chi connectivity index (χ2v) is 4.71. The highest BCUT2D eigenvalue weighted by atomic mass is 19.1. The molecule has 1 heterocycles. The van der Waals surface area contributed by atoms with Crippen LogP contribution in [0.5, 0.6) is 0 Å². The van der Waals surface area contributed by atoms with Gasteiger partial charge in [-0.1, -0.05) is 12.1 Å². The van der Waals surface area contributed by atoms with E-state index in [9.17, 15) is 9.18 Å². The average molecular weight is 250 g/mol. The maximum absolute atomic E-state index is 12.9. The Hall–Kier alpha value is -1.42. The lowest BCUT2D eigenvalue weighted by molar-refractivity contribution is -0.125. The van der Waals surface area contributed by atoms with E-state index in [0.29, 0.717) is 13.0 Å². The minimum absolute atomic E-state index is 0.0891. The van der Waals surface area contributed by atoms with Crippen LogP contribution in [0.25, 0.3) is 0 Å². The molecule has 0 aromatic heterocycles. The van der Waals surface area contributed by atoms with E-state index in [-0.39, 0.29) is 17.6 Å². The third-order valence-corrected chi connectivity index (χ3v) is 3.27. The van der Waals surface area contributed by atoms with E-state index in [1.807, 2.05) is 6.07 Å². The van der Waals surface area contributed by atoms with Crippen LogP contribution < -0.4 is 10.6 Å². The van der Waals surface area contributed by atoms with Crippen molar-refractivity contribution in [3.63, 3.8) is 0 Å². The zero-order valence-corrected chi connectivity index (χ0v) is 10.4. The number of piperidine rings is 1. The topological polar surface area (TPSA) is 41.1 Å². The molecule has 1 aromatic carbocycles. The minimum Gasteiger partial charge on any atom is -0.355 e. The maximum Gasteiger partial charge on any atom is 0.224 e. The molecule has 1 aliphatic heterocycles. The zero-order valence-electron chi connectivity index (χ0n) is 10.4. The van der Waals surface area contributed by atoms with Gasteiger partial charge in [-0.25, -0.2) is 4.39 Å². The third-order valence-electron chi connectivity index (χ3n) is 3.27. The monoisotopic (exact) mass is 250 g/mol. The van der Waals surface area contributed by atoms with Crippen molar-refractivity contribution in [3.05, 3.63) is 35.6 Å². The van der Waals surface area contributed by atoms with Gasteiger partial charge in [0.2, 0.25) is 5.91 Å². The summed E-state index contributed by atoms with van der Waals surface area (Å²) in [6.07, 6.45) is 2.68. The van der Waals surface area contributed by atoms with Crippen molar-refractivity contribution >= 4 is 5.91 Å². The highest BCUT2D eigenvalue weighted by Crippen LogP contribution is 2.09. The van der Waals surface area contributed by atoms with E-state index >= 15 is 0 Å². The van der Waals surface area contributed by atoms with Gasteiger partial charge in [-0.3, -0.25) is 4.79 Å². The predicted molar refractivity (Wildman–Crippen MR) is 68.7 cm³/mol. The normalized spacial score (nSPS) is 19.5. The van der Waals surface area contributed by atoms with Crippen LogP contribution in [0.4, 0.5) is 4.39 Å². The van der Waals surface area contributed by atoms with Crippen LogP contribution in [-0.4, -0.2) is 25.5 Å². The van der Waals surface area contributed by atoms with Gasteiger partial charge in [0.15, 0.2) is 0 Å². The van der Waals surface area contributed by atoms with Gasteiger partial charge in [0.05, 0.1) is 5.92 Å². The first-order valence-electron chi connectivity index (χ1n) is 6.48. The largest absolute Gasteiger partial charge is 0.355 e. The lowest BCUT2D eigenvalue weighted by Gasteiger charge is -2.21. The molecule has 0 aliphatic carbocycles. The van der Waals surface area contributed by atoms with Crippen molar-refractivity contribution in [2.75, 3.05) is 19.6 Å². The first kappa shape index (κ1) is 13.0. The Morgan fingerprint density at radius 1 is 1.50 bits per heavy atom. The summed E-state index contributed by atoms with van der Waals surface area (Å²) in [7, 11) is 0. The molecule has 1 aliphatic rings. The predicted octanol–water partition coefficient (Wildman–Crippen LogP) is 1.48. The van der Waals surface area contributed by atoms with E-state index in [1.165, 1.54) is 12.1 Å². The molecule has 1 amide bonds. The van der Waals surface area contributed by atoms with Crippen LogP contribution in [-0.2, 0) is 11.2 Å². The first-order chi connectivity index (χ1) is 8.75. The van der Waals surface area contributed by atoms with Crippen molar-refractivity contribution in [3.8, 4) is 0 Å². The molecular weight excluding hydrogens is 231 g/mol. The van der Waals surface area contributed by atoms with Crippen molar-refractivity contribution in [1.82, 2.24) is 10.6 Å². The van der Waals surface area contributed by atoms with Crippen LogP contribution in [0.15, 0.2) is 24.3 Å². The number of rotatable bonds is 4. The number of carbonyl (C=O) groups excluding carboxylic acids is 1. The fourth-order valence-electron chi connectivity index (χ4n) is 2.24. The summed E-state index contributed by atoms with van der Waals surface area (Å²) in [5, 5.41) is 6.14. The number of amides is 1. The van der Waals surface area contributed by atoms with Crippen LogP contribution in [0.1, 0.15) is 18.4 Å². The lowest BCUT2D eigenvalue weighted by atomic mass is 9.99. The Balaban J connectivity index is 1.73. The van der Waals surface area contributed by atoms with E-state index < -0.39 is 0 Å². The molecule has 98 valence electrons. The maximum atomic E-state index is 12.9. The standard InChI is InChI=1S/C14H19FN2O/c15-13-5-1-3-11(9-13)6-8-17-14(18)12-4-2-7-16-10-12/h1,3,5,9,12,16H,2,4,6-8,10H2,(H,17,18). The Morgan fingerprint density at radius 2 is 2.39 bits per heavy atom. The van der Waals surface area contributed by atoms with Crippen LogP contribution in [0.2, 0.25) is 0 Å². The summed E-state index contributed by atoms with van der Waals surface area (Å²) in [5.74, 6) is -0.0276. The molecular formula is C14H19FN2O. The lowest BCUT2D eigenvalue weighted by Crippen LogP contribution is -2.41. The van der Waals surface area contributed by atoms with Gasteiger partial charge in [-0.2, -0.15) is 0 Å². The highest BCUT2D eigenvalue weighted by Gasteiger charge is 2.19. The Kier molecular flexibility index (Phi) is 4.70. The quantitative estimate of drug-likeness (QED) is 0.850. The van der Waals surface area contributed by atoms with E-state index in [0.717, 1.165) is 31.5 Å². The number of hydrogen-bond acceptors (Lipinski definition) is 2. The van der Waals surface area contributed by atoms with Crippen LogP contribution in [0, 0.1) is 11.7 Å². The van der Waals surface area contributed by atoms with Gasteiger partial charge in [-0.15, -0.1) is 0 Å². The Labute approximate surface area is 107 Å². The molecule has 0 saturated carbocycles. The van der Waals surface area contributed by atoms with Gasteiger partial charge < -0.3 is 10.6 Å². The molecule has 1 fully saturated rings. The highest BCUT2D eigenvalue weighted by molar-refractivity contribution is 5.78. The smallest absolute Gasteiger partial charge is 0.224 e. The van der Waals surface area contributed by atoms with Crippen molar-refractivity contribution in [1.29, 1.82) is 0 Å². The molecule has 2 rings (SSSR count). The summed E-state index contributed by atoms with van der Waals surface area (Å²) < 4.78 is 12.9. The first-order valence-corrected chi connectivity index (χ1v) is 6.48. The molecule has 1 atom stereocenters. The molecule has 1 saturated heterocycles. The van der Waals surface area contributed by atoms with Gasteiger partial charge >= 0.3 is 0 Å². The zero-order chi connectivity index (χ0) is 12.8. The van der Waals surface area contributed by atoms with Gasteiger partial charge in [0.1, 0.15) is 5.82 Å². The molecule has 3 nitrogen and oxygen atoms in total. The summed E-state index contributed by atoms with van der Waals surface area (Å²) in [6.45, 7) is 2.34. The van der Waals surface area contributed by atoms with Crippen molar-refractivity contribution in [2.24, 2.45) is 5.92 Å². The summed E-state index contributed by atoms with van der Waals surface area (Å²) in [6, 6.07) is 6.50. The number of halogens is 1. The van der Waals surface area contributed by atoms with Crippen LogP contribution >= 0.6 is 0 Å². The molecule has 0 radical (unpaired) electrons. The fourth-order valence-corrected chi connectivity index (χ4v) is 2.24. The molecule has 4 heteroatoms. The molecule has 1 unspecified atom stereocenters. The molecule has 1 aromatic rings. The molecule has 0 spiro atoms. The summed E-state index contributed by atoms with van der Waals surface area (Å²) >= 11 is 0. The SMILES string of the molecule is O=C(NCCc1cccc(F)c1)C1CCCNC1. The molecule has 2 N–H and O–H groups in total. The van der Waals surface area contributed by atoms with Crippen molar-refractivity contribution in [2.45, 2.75) is 19.3 Å². The van der Waals surface area contributed by atoms with E-state index in [2.05, 4.69) is 10.6 Å². The second kappa shape index (κ2) is 6.50. The van der Waals surface area contributed by atoms with Gasteiger partial charge in [0.25, 0.3) is 0 Å². The van der Waals surface area contributed by atoms with E-state index in [4.69, 9.17) is 0 Å². The van der Waals surface area contributed by atoms with Gasteiger partial charge in [0, 0.05) is 13.1 Å². The molecule has 0 bridgehead atoms. The number of carbonyl (C=O) groups is 1. The number of nitrogens with one attached hydrogen (secondary N) is 2. The van der Waals surface area contributed by atoms with Crippen molar-refractivity contribution < 1.29 is 9.18 Å². The summed E-state index contributed by atoms with van der Waals surface area (Å²) in [5.41, 5.74) is 0.914. The number of benzene rings is 1.